The molecule has 3 heteroatoms. The molecule has 1 rings (SSSR count). The van der Waals surface area contributed by atoms with Gasteiger partial charge in [0, 0.05) is 18.0 Å². The zero-order chi connectivity index (χ0) is 11.4. The number of halogens is 1. The Morgan fingerprint density at radius 3 is 2.67 bits per heavy atom. The summed E-state index contributed by atoms with van der Waals surface area (Å²) in [5.41, 5.74) is 2.75. The molecule has 1 aromatic rings. The lowest BCUT2D eigenvalue weighted by molar-refractivity contribution is 0.386. The molecular weight excluding hydrogens is 210 g/mol. The Balaban J connectivity index is 2.99. The third-order valence-corrected chi connectivity index (χ3v) is 2.46. The van der Waals surface area contributed by atoms with Gasteiger partial charge >= 0.3 is 0 Å². The first-order chi connectivity index (χ1) is 7.04. The van der Waals surface area contributed by atoms with Crippen LogP contribution in [0.3, 0.4) is 0 Å². The molecule has 0 heterocycles. The van der Waals surface area contributed by atoms with Crippen LogP contribution in [0, 0.1) is 0 Å². The number of phenolic OH excluding ortho intramolecular Hbond substituents is 1. The fourth-order valence-electron chi connectivity index (χ4n) is 1.35. The number of nitrogens with zero attached hydrogens (tertiary/aromatic N) is 1. The van der Waals surface area contributed by atoms with E-state index in [9.17, 15) is 5.11 Å². The summed E-state index contributed by atoms with van der Waals surface area (Å²) in [6, 6.07) is 5.45. The van der Waals surface area contributed by atoms with E-state index in [0.29, 0.717) is 18.2 Å². The van der Waals surface area contributed by atoms with Gasteiger partial charge in [0.25, 0.3) is 0 Å². The highest BCUT2D eigenvalue weighted by atomic mass is 35.5. The number of hydrogen-bond acceptors (Lipinski definition) is 2. The van der Waals surface area contributed by atoms with Gasteiger partial charge in [-0.15, -0.1) is 11.6 Å². The van der Waals surface area contributed by atoms with Crippen LogP contribution in [0.25, 0.3) is 5.57 Å². The molecule has 0 aliphatic rings. The van der Waals surface area contributed by atoms with Gasteiger partial charge in [-0.05, 0) is 37.4 Å². The number of hydrogen-bond donors (Lipinski definition) is 1. The third kappa shape index (κ3) is 3.26. The van der Waals surface area contributed by atoms with Gasteiger partial charge in [0.1, 0.15) is 5.75 Å². The largest absolute Gasteiger partial charge is 0.508 e. The van der Waals surface area contributed by atoms with Crippen molar-refractivity contribution in [3.63, 3.8) is 0 Å². The summed E-state index contributed by atoms with van der Waals surface area (Å²) in [5.74, 6) is 0.724. The van der Waals surface area contributed by atoms with E-state index in [1.165, 1.54) is 0 Å². The molecule has 0 aliphatic carbocycles. The minimum absolute atomic E-state index is 0.315. The van der Waals surface area contributed by atoms with Crippen LogP contribution in [-0.2, 0) is 6.54 Å². The lowest BCUT2D eigenvalue weighted by atomic mass is 10.0. The number of allylic oxidation sites excluding steroid dienone is 1. The van der Waals surface area contributed by atoms with Gasteiger partial charge < -0.3 is 10.0 Å². The topological polar surface area (TPSA) is 23.5 Å². The Morgan fingerprint density at radius 2 is 2.13 bits per heavy atom. The maximum atomic E-state index is 9.65. The summed E-state index contributed by atoms with van der Waals surface area (Å²) in [5, 5.41) is 9.65. The summed E-state index contributed by atoms with van der Waals surface area (Å²) in [7, 11) is 3.92. The molecule has 0 saturated heterocycles. The van der Waals surface area contributed by atoms with Crippen LogP contribution in [0.4, 0.5) is 0 Å². The summed E-state index contributed by atoms with van der Waals surface area (Å²) in [4.78, 5) is 2.00. The van der Waals surface area contributed by atoms with E-state index in [1.54, 1.807) is 6.07 Å². The maximum absolute atomic E-state index is 9.65. The number of rotatable bonds is 4. The second-order valence-electron chi connectivity index (χ2n) is 3.82. The second-order valence-corrected chi connectivity index (χ2v) is 4.09. The molecule has 0 bridgehead atoms. The predicted octanol–water partition coefficient (Wildman–Crippen LogP) is 2.71. The van der Waals surface area contributed by atoms with E-state index >= 15 is 0 Å². The Bertz CT molecular complexity index is 361. The van der Waals surface area contributed by atoms with E-state index < -0.39 is 0 Å². The molecule has 0 unspecified atom stereocenters. The van der Waals surface area contributed by atoms with Crippen LogP contribution in [0.15, 0.2) is 24.8 Å². The highest BCUT2D eigenvalue weighted by Crippen LogP contribution is 2.23. The van der Waals surface area contributed by atoms with Crippen LogP contribution in [0.5, 0.6) is 5.75 Å². The molecule has 0 amide bonds. The lowest BCUT2D eigenvalue weighted by Gasteiger charge is -2.13. The van der Waals surface area contributed by atoms with Crippen molar-refractivity contribution in [2.45, 2.75) is 6.54 Å². The Hall–Kier alpha value is -0.990. The zero-order valence-electron chi connectivity index (χ0n) is 9.13. The van der Waals surface area contributed by atoms with Crippen molar-refractivity contribution < 1.29 is 5.11 Å². The van der Waals surface area contributed by atoms with Gasteiger partial charge in [-0.3, -0.25) is 0 Å². The van der Waals surface area contributed by atoms with E-state index in [4.69, 9.17) is 11.6 Å². The first-order valence-corrected chi connectivity index (χ1v) is 5.28. The highest BCUT2D eigenvalue weighted by Gasteiger charge is 2.05. The molecule has 0 atom stereocenters. The number of alkyl halides is 1. The van der Waals surface area contributed by atoms with Crippen molar-refractivity contribution in [3.05, 3.63) is 35.9 Å². The number of phenols is 1. The summed E-state index contributed by atoms with van der Waals surface area (Å²) >= 11 is 5.71. The second kappa shape index (κ2) is 5.19. The van der Waals surface area contributed by atoms with E-state index in [0.717, 1.165) is 16.7 Å². The smallest absolute Gasteiger partial charge is 0.120 e. The van der Waals surface area contributed by atoms with E-state index in [2.05, 4.69) is 6.58 Å². The summed E-state index contributed by atoms with van der Waals surface area (Å²) in [6.45, 7) is 4.57. The molecule has 1 aromatic carbocycles. The minimum Gasteiger partial charge on any atom is -0.508 e. The van der Waals surface area contributed by atoms with Crippen LogP contribution < -0.4 is 0 Å². The summed E-state index contributed by atoms with van der Waals surface area (Å²) < 4.78 is 0. The van der Waals surface area contributed by atoms with Gasteiger partial charge in [-0.2, -0.15) is 0 Å². The monoisotopic (exact) mass is 225 g/mol. The molecule has 0 aromatic heterocycles. The standard InChI is InChI=1S/C12H16ClNO/c1-9(7-13)10-4-5-12(15)11(6-10)8-14(2)3/h4-6,15H,1,7-8H2,2-3H3. The molecule has 82 valence electrons. The SMILES string of the molecule is C=C(CCl)c1ccc(O)c(CN(C)C)c1. The maximum Gasteiger partial charge on any atom is 0.120 e. The van der Waals surface area contributed by atoms with Crippen molar-refractivity contribution in [1.29, 1.82) is 0 Å². The summed E-state index contributed by atoms with van der Waals surface area (Å²) in [6.07, 6.45) is 0. The van der Waals surface area contributed by atoms with Gasteiger partial charge in [0.15, 0.2) is 0 Å². The van der Waals surface area contributed by atoms with Gasteiger partial charge in [0.2, 0.25) is 0 Å². The average molecular weight is 226 g/mol. The first-order valence-electron chi connectivity index (χ1n) is 4.75. The Kier molecular flexibility index (Phi) is 4.18. The van der Waals surface area contributed by atoms with Crippen LogP contribution in [0.2, 0.25) is 0 Å². The fourth-order valence-corrected chi connectivity index (χ4v) is 1.50. The zero-order valence-corrected chi connectivity index (χ0v) is 9.88. The Labute approximate surface area is 95.8 Å². The normalized spacial score (nSPS) is 10.7. The number of aromatic hydroxyl groups is 1. The van der Waals surface area contributed by atoms with Crippen molar-refractivity contribution in [2.75, 3.05) is 20.0 Å². The predicted molar refractivity (Wildman–Crippen MR) is 65.3 cm³/mol. The van der Waals surface area contributed by atoms with Gasteiger partial charge in [-0.1, -0.05) is 12.6 Å². The quantitative estimate of drug-likeness (QED) is 0.797. The lowest BCUT2D eigenvalue weighted by Crippen LogP contribution is -2.10. The molecule has 0 spiro atoms. The molecule has 0 fully saturated rings. The van der Waals surface area contributed by atoms with Gasteiger partial charge in [-0.25, -0.2) is 0 Å². The highest BCUT2D eigenvalue weighted by molar-refractivity contribution is 6.23. The third-order valence-electron chi connectivity index (χ3n) is 2.14. The number of benzene rings is 1. The minimum atomic E-state index is 0.315. The first kappa shape index (κ1) is 12.1. The van der Waals surface area contributed by atoms with Gasteiger partial charge in [0.05, 0.1) is 0 Å². The van der Waals surface area contributed by atoms with Crippen molar-refractivity contribution in [1.82, 2.24) is 4.90 Å². The molecule has 1 N–H and O–H groups in total. The Morgan fingerprint density at radius 1 is 1.47 bits per heavy atom. The van der Waals surface area contributed by atoms with E-state index in [1.807, 2.05) is 31.1 Å². The average Bonchev–Trinajstić information content (AvgIpc) is 2.19. The van der Waals surface area contributed by atoms with Crippen molar-refractivity contribution in [2.24, 2.45) is 0 Å². The molecular formula is C12H16ClNO. The van der Waals surface area contributed by atoms with Crippen molar-refractivity contribution in [3.8, 4) is 5.75 Å². The fraction of sp³-hybridized carbons (Fsp3) is 0.333. The molecule has 2 nitrogen and oxygen atoms in total. The van der Waals surface area contributed by atoms with Crippen LogP contribution in [0.1, 0.15) is 11.1 Å². The van der Waals surface area contributed by atoms with Crippen LogP contribution >= 0.6 is 11.6 Å². The molecule has 15 heavy (non-hydrogen) atoms. The van der Waals surface area contributed by atoms with Crippen LogP contribution in [-0.4, -0.2) is 30.0 Å². The molecule has 0 radical (unpaired) electrons. The molecule has 0 saturated carbocycles. The van der Waals surface area contributed by atoms with E-state index in [-0.39, 0.29) is 0 Å². The van der Waals surface area contributed by atoms with Crippen molar-refractivity contribution >= 4 is 17.2 Å². The molecule has 0 aliphatic heterocycles.